The number of halogens is 1. The van der Waals surface area contributed by atoms with Gasteiger partial charge in [-0.3, -0.25) is 4.79 Å². The van der Waals surface area contributed by atoms with E-state index in [4.69, 9.17) is 11.6 Å². The molecule has 2 aromatic rings. The van der Waals surface area contributed by atoms with Crippen LogP contribution in [-0.4, -0.2) is 6.29 Å². The van der Waals surface area contributed by atoms with Crippen LogP contribution in [0.5, 0.6) is 0 Å². The Morgan fingerprint density at radius 3 is 2.44 bits per heavy atom. The molecule has 0 aliphatic rings. The van der Waals surface area contributed by atoms with Gasteiger partial charge in [0.2, 0.25) is 0 Å². The molecule has 16 heavy (non-hydrogen) atoms. The predicted molar refractivity (Wildman–Crippen MR) is 66.1 cm³/mol. The van der Waals surface area contributed by atoms with Gasteiger partial charge in [0, 0.05) is 5.56 Å². The van der Waals surface area contributed by atoms with Gasteiger partial charge >= 0.3 is 0 Å². The van der Waals surface area contributed by atoms with Crippen molar-refractivity contribution in [1.82, 2.24) is 0 Å². The van der Waals surface area contributed by atoms with Crippen molar-refractivity contribution in [1.29, 1.82) is 0 Å². The van der Waals surface area contributed by atoms with Crippen LogP contribution in [0.25, 0.3) is 0 Å². The van der Waals surface area contributed by atoms with E-state index in [1.165, 1.54) is 5.56 Å². The smallest absolute Gasteiger partial charge is 0.151 e. The van der Waals surface area contributed by atoms with Gasteiger partial charge in [0.1, 0.15) is 0 Å². The topological polar surface area (TPSA) is 17.1 Å². The van der Waals surface area contributed by atoms with Crippen LogP contribution in [0.2, 0.25) is 5.02 Å². The fourth-order valence-electron chi connectivity index (χ4n) is 1.64. The third kappa shape index (κ3) is 2.31. The summed E-state index contributed by atoms with van der Waals surface area (Å²) < 4.78 is 0. The summed E-state index contributed by atoms with van der Waals surface area (Å²) >= 11 is 6.13. The van der Waals surface area contributed by atoms with Gasteiger partial charge < -0.3 is 0 Å². The molecule has 0 aromatic heterocycles. The van der Waals surface area contributed by atoms with Crippen molar-refractivity contribution in [2.75, 3.05) is 0 Å². The van der Waals surface area contributed by atoms with Crippen molar-refractivity contribution >= 4 is 17.9 Å². The quantitative estimate of drug-likeness (QED) is 0.734. The van der Waals surface area contributed by atoms with Gasteiger partial charge in [0.15, 0.2) is 6.29 Å². The molecule has 0 saturated heterocycles. The van der Waals surface area contributed by atoms with Crippen molar-refractivity contribution in [3.63, 3.8) is 0 Å². The molecule has 0 fully saturated rings. The monoisotopic (exact) mass is 230 g/mol. The van der Waals surface area contributed by atoms with E-state index in [0.29, 0.717) is 10.6 Å². The summed E-state index contributed by atoms with van der Waals surface area (Å²) in [6.07, 6.45) is 1.54. The fourth-order valence-corrected chi connectivity index (χ4v) is 1.88. The highest BCUT2D eigenvalue weighted by Crippen LogP contribution is 2.22. The lowest BCUT2D eigenvalue weighted by atomic mass is 10.0. The van der Waals surface area contributed by atoms with E-state index < -0.39 is 0 Å². The van der Waals surface area contributed by atoms with Crippen molar-refractivity contribution in [3.05, 3.63) is 70.2 Å². The maximum atomic E-state index is 10.7. The standard InChI is InChI=1S/C14H11ClO/c15-14-12(7-4-8-13(14)10-16)9-11-5-2-1-3-6-11/h1-8,10H,9H2. The second-order valence-corrected chi connectivity index (χ2v) is 3.98. The normalized spacial score (nSPS) is 10.1. The number of carbonyl (C=O) groups excluding carboxylic acids is 1. The summed E-state index contributed by atoms with van der Waals surface area (Å²) in [6, 6.07) is 15.6. The Morgan fingerprint density at radius 1 is 1.00 bits per heavy atom. The SMILES string of the molecule is O=Cc1cccc(Cc2ccccc2)c1Cl. The summed E-state index contributed by atoms with van der Waals surface area (Å²) in [6.45, 7) is 0. The Balaban J connectivity index is 2.32. The summed E-state index contributed by atoms with van der Waals surface area (Å²) in [5.74, 6) is 0. The molecule has 0 N–H and O–H groups in total. The fraction of sp³-hybridized carbons (Fsp3) is 0.0714. The molecule has 0 amide bonds. The highest BCUT2D eigenvalue weighted by molar-refractivity contribution is 6.33. The molecule has 2 rings (SSSR count). The van der Waals surface area contributed by atoms with Crippen LogP contribution in [0.3, 0.4) is 0 Å². The first-order chi connectivity index (χ1) is 7.81. The highest BCUT2D eigenvalue weighted by atomic mass is 35.5. The molecular formula is C14H11ClO. The van der Waals surface area contributed by atoms with E-state index in [-0.39, 0.29) is 0 Å². The minimum Gasteiger partial charge on any atom is -0.298 e. The minimum atomic E-state index is 0.551. The third-order valence-corrected chi connectivity index (χ3v) is 2.93. The summed E-state index contributed by atoms with van der Waals surface area (Å²) in [4.78, 5) is 10.7. The van der Waals surface area contributed by atoms with Gasteiger partial charge in [-0.05, 0) is 17.5 Å². The molecular weight excluding hydrogens is 220 g/mol. The number of benzene rings is 2. The van der Waals surface area contributed by atoms with Gasteiger partial charge in [-0.25, -0.2) is 0 Å². The summed E-state index contributed by atoms with van der Waals surface area (Å²) in [5, 5.41) is 0.557. The van der Waals surface area contributed by atoms with Crippen LogP contribution < -0.4 is 0 Å². The molecule has 0 spiro atoms. The number of rotatable bonds is 3. The summed E-state index contributed by atoms with van der Waals surface area (Å²) in [7, 11) is 0. The molecule has 0 bridgehead atoms. The number of hydrogen-bond acceptors (Lipinski definition) is 1. The maximum absolute atomic E-state index is 10.7. The summed E-state index contributed by atoms with van der Waals surface area (Å²) in [5.41, 5.74) is 2.72. The van der Waals surface area contributed by atoms with E-state index in [1.807, 2.05) is 42.5 Å². The lowest BCUT2D eigenvalue weighted by Crippen LogP contribution is -1.92. The average Bonchev–Trinajstić information content (AvgIpc) is 2.33. The second kappa shape index (κ2) is 4.95. The van der Waals surface area contributed by atoms with Crippen LogP contribution in [-0.2, 0) is 6.42 Å². The van der Waals surface area contributed by atoms with E-state index in [2.05, 4.69) is 0 Å². The zero-order valence-corrected chi connectivity index (χ0v) is 9.45. The zero-order valence-electron chi connectivity index (χ0n) is 8.69. The Kier molecular flexibility index (Phi) is 3.37. The van der Waals surface area contributed by atoms with Crippen molar-refractivity contribution in [2.45, 2.75) is 6.42 Å². The van der Waals surface area contributed by atoms with Gasteiger partial charge in [-0.1, -0.05) is 60.1 Å². The number of hydrogen-bond donors (Lipinski definition) is 0. The Labute approximate surface area is 99.7 Å². The first-order valence-corrected chi connectivity index (χ1v) is 5.45. The van der Waals surface area contributed by atoms with Crippen LogP contribution >= 0.6 is 11.6 Å². The molecule has 2 heteroatoms. The third-order valence-electron chi connectivity index (χ3n) is 2.47. The van der Waals surface area contributed by atoms with E-state index >= 15 is 0 Å². The highest BCUT2D eigenvalue weighted by Gasteiger charge is 2.05. The second-order valence-electron chi connectivity index (χ2n) is 3.60. The molecule has 0 radical (unpaired) electrons. The molecule has 0 saturated carbocycles. The molecule has 1 nitrogen and oxygen atoms in total. The maximum Gasteiger partial charge on any atom is 0.151 e. The lowest BCUT2D eigenvalue weighted by Gasteiger charge is -2.05. The predicted octanol–water partition coefficient (Wildman–Crippen LogP) is 3.74. The van der Waals surface area contributed by atoms with Gasteiger partial charge in [-0.2, -0.15) is 0 Å². The Bertz CT molecular complexity index is 491. The minimum absolute atomic E-state index is 0.551. The zero-order chi connectivity index (χ0) is 11.4. The first-order valence-electron chi connectivity index (χ1n) is 5.08. The average molecular weight is 231 g/mol. The van der Waals surface area contributed by atoms with Crippen molar-refractivity contribution < 1.29 is 4.79 Å². The lowest BCUT2D eigenvalue weighted by molar-refractivity contribution is 0.112. The van der Waals surface area contributed by atoms with Crippen LogP contribution in [0.15, 0.2) is 48.5 Å². The molecule has 80 valence electrons. The van der Waals surface area contributed by atoms with E-state index in [0.717, 1.165) is 18.3 Å². The molecule has 0 aliphatic carbocycles. The Morgan fingerprint density at radius 2 is 1.75 bits per heavy atom. The van der Waals surface area contributed by atoms with Crippen molar-refractivity contribution in [3.8, 4) is 0 Å². The van der Waals surface area contributed by atoms with Gasteiger partial charge in [0.25, 0.3) is 0 Å². The van der Waals surface area contributed by atoms with E-state index in [1.54, 1.807) is 6.07 Å². The van der Waals surface area contributed by atoms with Gasteiger partial charge in [-0.15, -0.1) is 0 Å². The van der Waals surface area contributed by atoms with Crippen LogP contribution in [0.1, 0.15) is 21.5 Å². The van der Waals surface area contributed by atoms with Crippen LogP contribution in [0.4, 0.5) is 0 Å². The van der Waals surface area contributed by atoms with E-state index in [9.17, 15) is 4.79 Å². The largest absolute Gasteiger partial charge is 0.298 e. The van der Waals surface area contributed by atoms with Crippen LogP contribution in [0, 0.1) is 0 Å². The Hall–Kier alpha value is -1.60. The molecule has 0 heterocycles. The molecule has 0 aliphatic heterocycles. The van der Waals surface area contributed by atoms with Gasteiger partial charge in [0.05, 0.1) is 5.02 Å². The number of carbonyl (C=O) groups is 1. The number of aldehydes is 1. The first kappa shape index (κ1) is 10.9. The molecule has 0 unspecified atom stereocenters. The molecule has 2 aromatic carbocycles. The van der Waals surface area contributed by atoms with Crippen molar-refractivity contribution in [2.24, 2.45) is 0 Å². The molecule has 0 atom stereocenters.